The minimum Gasteiger partial charge on any atom is -0.497 e. The van der Waals surface area contributed by atoms with E-state index in [-0.39, 0.29) is 31.5 Å². The van der Waals surface area contributed by atoms with Crippen molar-refractivity contribution in [2.75, 3.05) is 34.4 Å². The average molecular weight is 533 g/mol. The van der Waals surface area contributed by atoms with Crippen LogP contribution in [-0.4, -0.2) is 56.3 Å². The predicted molar refractivity (Wildman–Crippen MR) is 143 cm³/mol. The zero-order valence-electron chi connectivity index (χ0n) is 21.9. The van der Waals surface area contributed by atoms with Gasteiger partial charge in [-0.1, -0.05) is 12.1 Å². The Bertz CT molecular complexity index is 1480. The van der Waals surface area contributed by atoms with Crippen LogP contribution in [0.15, 0.2) is 72.8 Å². The summed E-state index contributed by atoms with van der Waals surface area (Å²) >= 11 is 0. The summed E-state index contributed by atoms with van der Waals surface area (Å²) in [6.07, 6.45) is -1.34. The summed E-state index contributed by atoms with van der Waals surface area (Å²) in [5.41, 5.74) is 2.01. The van der Waals surface area contributed by atoms with Gasteiger partial charge in [-0.25, -0.2) is 9.37 Å². The number of nitrogens with zero attached hydrogens (tertiary/aromatic N) is 2. The van der Waals surface area contributed by atoms with Crippen molar-refractivity contribution >= 4 is 16.9 Å². The molecule has 2 heterocycles. The Morgan fingerprint density at radius 2 is 1.87 bits per heavy atom. The summed E-state index contributed by atoms with van der Waals surface area (Å²) in [5.74, 6) is 1.65. The number of benzene rings is 3. The lowest BCUT2D eigenvalue weighted by molar-refractivity contribution is -0.157. The van der Waals surface area contributed by atoms with Gasteiger partial charge in [0.05, 0.1) is 24.9 Å². The fourth-order valence-corrected chi connectivity index (χ4v) is 4.33. The number of ether oxygens (including phenoxy) is 5. The molecular formula is C30H29FN2O6. The highest BCUT2D eigenvalue weighted by Gasteiger charge is 2.36. The highest BCUT2D eigenvalue weighted by atomic mass is 19.1. The topological polar surface area (TPSA) is 79.4 Å². The van der Waals surface area contributed by atoms with Crippen LogP contribution in [0.1, 0.15) is 17.4 Å². The van der Waals surface area contributed by atoms with Crippen molar-refractivity contribution in [3.05, 3.63) is 89.9 Å². The number of carbonyl (C=O) groups excluding carboxylic acids is 1. The monoisotopic (exact) mass is 532 g/mol. The molecular weight excluding hydrogens is 503 g/mol. The number of pyridine rings is 1. The van der Waals surface area contributed by atoms with Gasteiger partial charge >= 0.3 is 5.97 Å². The zero-order valence-corrected chi connectivity index (χ0v) is 21.9. The molecule has 0 bridgehead atoms. The molecule has 39 heavy (non-hydrogen) atoms. The third-order valence-electron chi connectivity index (χ3n) is 6.16. The van der Waals surface area contributed by atoms with Gasteiger partial charge in [0.1, 0.15) is 42.0 Å². The first-order chi connectivity index (χ1) is 18.9. The average Bonchev–Trinajstić information content (AvgIpc) is 2.92. The van der Waals surface area contributed by atoms with Crippen molar-refractivity contribution < 1.29 is 32.9 Å². The highest BCUT2D eigenvalue weighted by Crippen LogP contribution is 2.39. The smallest absolute Gasteiger partial charge is 0.320 e. The molecule has 0 N–H and O–H groups in total. The Morgan fingerprint density at radius 1 is 1.03 bits per heavy atom. The second-order valence-corrected chi connectivity index (χ2v) is 9.42. The number of esters is 1. The van der Waals surface area contributed by atoms with Crippen molar-refractivity contribution in [2.24, 2.45) is 0 Å². The van der Waals surface area contributed by atoms with Crippen LogP contribution in [0.4, 0.5) is 4.39 Å². The van der Waals surface area contributed by atoms with Gasteiger partial charge < -0.3 is 23.7 Å². The van der Waals surface area contributed by atoms with Gasteiger partial charge in [-0.15, -0.1) is 0 Å². The van der Waals surface area contributed by atoms with Crippen molar-refractivity contribution in [3.63, 3.8) is 0 Å². The van der Waals surface area contributed by atoms with Crippen LogP contribution in [0, 0.1) is 5.82 Å². The molecule has 1 aromatic heterocycles. The van der Waals surface area contributed by atoms with E-state index in [4.69, 9.17) is 23.7 Å². The minimum atomic E-state index is -0.732. The van der Waals surface area contributed by atoms with Gasteiger partial charge in [0.15, 0.2) is 12.2 Å². The van der Waals surface area contributed by atoms with E-state index in [9.17, 15) is 9.18 Å². The number of likely N-dealkylation sites (N-methyl/N-ethyl adjacent to an activating group) is 1. The van der Waals surface area contributed by atoms with E-state index in [2.05, 4.69) is 4.98 Å². The number of rotatable bonds is 9. The number of aromatic nitrogens is 1. The maximum atomic E-state index is 13.5. The number of fused-ring (bicyclic) bond motifs is 2. The molecule has 0 radical (unpaired) electrons. The fourth-order valence-electron chi connectivity index (χ4n) is 4.33. The lowest BCUT2D eigenvalue weighted by Crippen LogP contribution is -2.39. The molecule has 0 unspecified atom stereocenters. The van der Waals surface area contributed by atoms with Crippen LogP contribution in [-0.2, 0) is 16.1 Å². The minimum absolute atomic E-state index is 0.117. The van der Waals surface area contributed by atoms with Gasteiger partial charge in [0, 0.05) is 17.0 Å². The molecule has 0 saturated carbocycles. The largest absolute Gasteiger partial charge is 0.497 e. The Balaban J connectivity index is 1.38. The molecule has 0 amide bonds. The van der Waals surface area contributed by atoms with E-state index in [1.54, 1.807) is 68.6 Å². The molecule has 5 rings (SSSR count). The number of hydrogen-bond donors (Lipinski definition) is 0. The van der Waals surface area contributed by atoms with Crippen molar-refractivity contribution in [2.45, 2.75) is 18.8 Å². The van der Waals surface area contributed by atoms with Gasteiger partial charge in [-0.3, -0.25) is 9.69 Å². The predicted octanol–water partition coefficient (Wildman–Crippen LogP) is 4.95. The lowest BCUT2D eigenvalue weighted by atomic mass is 10.00. The Labute approximate surface area is 225 Å². The van der Waals surface area contributed by atoms with Crippen LogP contribution >= 0.6 is 0 Å². The normalized spacial score (nSPS) is 16.3. The molecule has 8 nitrogen and oxygen atoms in total. The lowest BCUT2D eigenvalue weighted by Gasteiger charge is -2.33. The molecule has 0 spiro atoms. The van der Waals surface area contributed by atoms with E-state index in [1.807, 2.05) is 18.2 Å². The first-order valence-corrected chi connectivity index (χ1v) is 12.5. The Morgan fingerprint density at radius 3 is 2.69 bits per heavy atom. The molecule has 4 aromatic rings. The molecule has 2 atom stereocenters. The second kappa shape index (κ2) is 11.6. The van der Waals surface area contributed by atoms with Crippen molar-refractivity contribution in [1.29, 1.82) is 0 Å². The van der Waals surface area contributed by atoms with E-state index in [1.165, 1.54) is 12.1 Å². The molecule has 9 heteroatoms. The number of halogens is 1. The highest BCUT2D eigenvalue weighted by molar-refractivity contribution is 5.78. The van der Waals surface area contributed by atoms with Crippen LogP contribution < -0.4 is 18.9 Å². The molecule has 0 aliphatic carbocycles. The summed E-state index contributed by atoms with van der Waals surface area (Å²) in [7, 11) is 5.18. The zero-order chi connectivity index (χ0) is 27.4. The van der Waals surface area contributed by atoms with Crippen LogP contribution in [0.25, 0.3) is 10.9 Å². The van der Waals surface area contributed by atoms with Crippen LogP contribution in [0.5, 0.6) is 23.0 Å². The third kappa shape index (κ3) is 6.38. The van der Waals surface area contributed by atoms with Crippen LogP contribution in [0.2, 0.25) is 0 Å². The molecule has 3 aromatic carbocycles. The molecule has 1 aliphatic rings. The van der Waals surface area contributed by atoms with Gasteiger partial charge in [-0.05, 0) is 68.7 Å². The van der Waals surface area contributed by atoms with E-state index in [0.29, 0.717) is 45.2 Å². The first kappa shape index (κ1) is 26.2. The first-order valence-electron chi connectivity index (χ1n) is 12.5. The maximum Gasteiger partial charge on any atom is 0.320 e. The molecule has 0 saturated heterocycles. The number of hydrogen-bond acceptors (Lipinski definition) is 8. The van der Waals surface area contributed by atoms with E-state index in [0.717, 1.165) is 0 Å². The standard InChI is InChI=1S/C30H29FN2O6/c1-33(2)16-29(34)39-30-25-15-23(36-17-21-9-7-19-13-20(31)8-11-26(19)32-21)10-12-27(25)37-18-28(30)38-24-6-4-5-22(14-24)35-3/h4-15,28,30H,16-18H2,1-3H3/t28-,30+/m0/s1. The third-order valence-corrected chi connectivity index (χ3v) is 6.16. The fraction of sp³-hybridized carbons (Fsp3) is 0.267. The van der Waals surface area contributed by atoms with Crippen molar-refractivity contribution in [1.82, 2.24) is 9.88 Å². The molecule has 0 fully saturated rings. The van der Waals surface area contributed by atoms with Gasteiger partial charge in [0.25, 0.3) is 0 Å². The second-order valence-electron chi connectivity index (χ2n) is 9.42. The van der Waals surface area contributed by atoms with Crippen molar-refractivity contribution in [3.8, 4) is 23.0 Å². The molecule has 1 aliphatic heterocycles. The number of carbonyl (C=O) groups is 1. The summed E-state index contributed by atoms with van der Waals surface area (Å²) < 4.78 is 43.0. The number of methoxy groups -OCH3 is 1. The maximum absolute atomic E-state index is 13.5. The van der Waals surface area contributed by atoms with Gasteiger partial charge in [0.2, 0.25) is 0 Å². The quantitative estimate of drug-likeness (QED) is 0.280. The summed E-state index contributed by atoms with van der Waals surface area (Å²) in [4.78, 5) is 19.0. The van der Waals surface area contributed by atoms with Crippen LogP contribution in [0.3, 0.4) is 0 Å². The summed E-state index contributed by atoms with van der Waals surface area (Å²) in [5, 5.41) is 0.717. The Kier molecular flexibility index (Phi) is 7.79. The summed E-state index contributed by atoms with van der Waals surface area (Å²) in [6, 6.07) is 20.7. The SMILES string of the molecule is COc1cccc(O[C@H]2COc3ccc(OCc4ccc5cc(F)ccc5n4)cc3[C@H]2OC(=O)CN(C)C)c1. The Hall–Kier alpha value is -4.37. The summed E-state index contributed by atoms with van der Waals surface area (Å²) in [6.45, 7) is 0.500. The molecule has 202 valence electrons. The van der Waals surface area contributed by atoms with E-state index >= 15 is 0 Å². The van der Waals surface area contributed by atoms with E-state index < -0.39 is 12.2 Å². The van der Waals surface area contributed by atoms with Gasteiger partial charge in [-0.2, -0.15) is 0 Å².